The summed E-state index contributed by atoms with van der Waals surface area (Å²) < 4.78 is 5.82. The first-order valence-corrected chi connectivity index (χ1v) is 7.38. The third kappa shape index (κ3) is 4.96. The highest BCUT2D eigenvalue weighted by Crippen LogP contribution is 2.22. The Hall–Kier alpha value is -0.860. The molecule has 19 heavy (non-hydrogen) atoms. The lowest BCUT2D eigenvalue weighted by Gasteiger charge is -2.23. The molecule has 0 aromatic heterocycles. The van der Waals surface area contributed by atoms with Crippen LogP contribution in [0.3, 0.4) is 0 Å². The van der Waals surface area contributed by atoms with Crippen molar-refractivity contribution in [1.82, 2.24) is 5.32 Å². The second-order valence-corrected chi connectivity index (χ2v) is 5.68. The van der Waals surface area contributed by atoms with E-state index >= 15 is 0 Å². The molecule has 0 fully saturated rings. The van der Waals surface area contributed by atoms with E-state index in [1.54, 1.807) is 0 Å². The topological polar surface area (TPSA) is 21.3 Å². The molecule has 1 aromatic carbocycles. The SMILES string of the molecule is CCCNC(COC(C)C)c1cc(C)c(C)cc1C. The van der Waals surface area contributed by atoms with Gasteiger partial charge in [0.05, 0.1) is 18.8 Å². The van der Waals surface area contributed by atoms with Crippen LogP contribution in [0.4, 0.5) is 0 Å². The lowest BCUT2D eigenvalue weighted by atomic mass is 9.96. The van der Waals surface area contributed by atoms with Crippen molar-refractivity contribution in [2.24, 2.45) is 0 Å². The largest absolute Gasteiger partial charge is 0.377 e. The average molecular weight is 263 g/mol. The second-order valence-electron chi connectivity index (χ2n) is 5.68. The minimum absolute atomic E-state index is 0.276. The fraction of sp³-hybridized carbons (Fsp3) is 0.647. The Balaban J connectivity index is 2.92. The van der Waals surface area contributed by atoms with Gasteiger partial charge in [0.15, 0.2) is 0 Å². The number of hydrogen-bond donors (Lipinski definition) is 1. The summed E-state index contributed by atoms with van der Waals surface area (Å²) in [6.07, 6.45) is 1.42. The van der Waals surface area contributed by atoms with Gasteiger partial charge in [-0.2, -0.15) is 0 Å². The molecule has 0 amide bonds. The van der Waals surface area contributed by atoms with Crippen LogP contribution >= 0.6 is 0 Å². The minimum Gasteiger partial charge on any atom is -0.377 e. The van der Waals surface area contributed by atoms with Crippen LogP contribution in [0.25, 0.3) is 0 Å². The van der Waals surface area contributed by atoms with Crippen molar-refractivity contribution < 1.29 is 4.74 Å². The van der Waals surface area contributed by atoms with Crippen LogP contribution in [0, 0.1) is 20.8 Å². The van der Waals surface area contributed by atoms with Gasteiger partial charge in [-0.25, -0.2) is 0 Å². The van der Waals surface area contributed by atoms with Crippen LogP contribution in [0.5, 0.6) is 0 Å². The second kappa shape index (κ2) is 7.66. The van der Waals surface area contributed by atoms with E-state index in [2.05, 4.69) is 59.0 Å². The first kappa shape index (κ1) is 16.2. The minimum atomic E-state index is 0.276. The van der Waals surface area contributed by atoms with E-state index in [1.807, 2.05) is 0 Å². The van der Waals surface area contributed by atoms with Crippen LogP contribution < -0.4 is 5.32 Å². The molecule has 0 aliphatic heterocycles. The maximum Gasteiger partial charge on any atom is 0.0665 e. The molecule has 2 heteroatoms. The third-order valence-corrected chi connectivity index (χ3v) is 3.49. The summed E-state index contributed by atoms with van der Waals surface area (Å²) in [4.78, 5) is 0. The first-order valence-electron chi connectivity index (χ1n) is 7.38. The van der Waals surface area contributed by atoms with Crippen molar-refractivity contribution in [3.05, 3.63) is 34.4 Å². The molecule has 0 saturated carbocycles. The number of nitrogens with one attached hydrogen (secondary N) is 1. The normalized spacial score (nSPS) is 13.0. The van der Waals surface area contributed by atoms with Crippen molar-refractivity contribution >= 4 is 0 Å². The zero-order valence-electron chi connectivity index (χ0n) is 13.3. The van der Waals surface area contributed by atoms with E-state index in [9.17, 15) is 0 Å². The Morgan fingerprint density at radius 2 is 1.68 bits per heavy atom. The van der Waals surface area contributed by atoms with Crippen molar-refractivity contribution in [1.29, 1.82) is 0 Å². The number of rotatable bonds is 7. The Labute approximate surface area is 118 Å². The van der Waals surface area contributed by atoms with Gasteiger partial charge in [-0.1, -0.05) is 19.1 Å². The Morgan fingerprint density at radius 3 is 2.26 bits per heavy atom. The van der Waals surface area contributed by atoms with Gasteiger partial charge >= 0.3 is 0 Å². The molecule has 108 valence electrons. The highest BCUT2D eigenvalue weighted by molar-refractivity contribution is 5.38. The third-order valence-electron chi connectivity index (χ3n) is 3.49. The lowest BCUT2D eigenvalue weighted by Crippen LogP contribution is -2.28. The smallest absolute Gasteiger partial charge is 0.0665 e. The van der Waals surface area contributed by atoms with Gasteiger partial charge in [0.25, 0.3) is 0 Å². The van der Waals surface area contributed by atoms with Crippen LogP contribution in [0.15, 0.2) is 12.1 Å². The molecule has 0 bridgehead atoms. The van der Waals surface area contributed by atoms with Crippen molar-refractivity contribution in [2.75, 3.05) is 13.2 Å². The molecule has 1 rings (SSSR count). The van der Waals surface area contributed by atoms with E-state index in [0.29, 0.717) is 6.04 Å². The van der Waals surface area contributed by atoms with Gasteiger partial charge in [0.2, 0.25) is 0 Å². The molecule has 0 aliphatic carbocycles. The molecular weight excluding hydrogens is 234 g/mol. The number of benzene rings is 1. The van der Waals surface area contributed by atoms with Crippen LogP contribution in [0.1, 0.15) is 55.5 Å². The maximum absolute atomic E-state index is 5.82. The summed E-state index contributed by atoms with van der Waals surface area (Å²) in [5.74, 6) is 0. The zero-order valence-corrected chi connectivity index (χ0v) is 13.3. The van der Waals surface area contributed by atoms with E-state index in [-0.39, 0.29) is 6.10 Å². The van der Waals surface area contributed by atoms with Gasteiger partial charge in [-0.15, -0.1) is 0 Å². The van der Waals surface area contributed by atoms with E-state index < -0.39 is 0 Å². The van der Waals surface area contributed by atoms with Gasteiger partial charge in [0, 0.05) is 0 Å². The van der Waals surface area contributed by atoms with Crippen LogP contribution in [0.2, 0.25) is 0 Å². The van der Waals surface area contributed by atoms with Crippen molar-refractivity contribution in [3.8, 4) is 0 Å². The molecular formula is C17H29NO. The van der Waals surface area contributed by atoms with Crippen molar-refractivity contribution in [3.63, 3.8) is 0 Å². The standard InChI is InChI=1S/C17H29NO/c1-7-8-18-17(11-19-12(2)3)16-10-14(5)13(4)9-15(16)6/h9-10,12,17-18H,7-8,11H2,1-6H3. The van der Waals surface area contributed by atoms with Gasteiger partial charge in [-0.05, 0) is 69.8 Å². The number of aryl methyl sites for hydroxylation is 3. The van der Waals surface area contributed by atoms with Crippen LogP contribution in [-0.4, -0.2) is 19.3 Å². The quantitative estimate of drug-likeness (QED) is 0.800. The summed E-state index contributed by atoms with van der Waals surface area (Å²) in [7, 11) is 0. The highest BCUT2D eigenvalue weighted by atomic mass is 16.5. The first-order chi connectivity index (χ1) is 8.95. The molecule has 2 nitrogen and oxygen atoms in total. The predicted molar refractivity (Wildman–Crippen MR) is 82.8 cm³/mol. The summed E-state index contributed by atoms with van der Waals surface area (Å²) in [6.45, 7) is 14.7. The Bertz CT molecular complexity index is 398. The predicted octanol–water partition coefficient (Wildman–Crippen LogP) is 4.08. The molecule has 0 saturated heterocycles. The van der Waals surface area contributed by atoms with Gasteiger partial charge < -0.3 is 10.1 Å². The molecule has 1 unspecified atom stereocenters. The van der Waals surface area contributed by atoms with Crippen LogP contribution in [-0.2, 0) is 4.74 Å². The maximum atomic E-state index is 5.82. The van der Waals surface area contributed by atoms with Gasteiger partial charge in [0.1, 0.15) is 0 Å². The number of hydrogen-bond acceptors (Lipinski definition) is 2. The number of ether oxygens (including phenoxy) is 1. The van der Waals surface area contributed by atoms with E-state index in [4.69, 9.17) is 4.74 Å². The molecule has 1 atom stereocenters. The summed E-state index contributed by atoms with van der Waals surface area (Å²) in [6, 6.07) is 4.88. The summed E-state index contributed by atoms with van der Waals surface area (Å²) in [5.41, 5.74) is 5.44. The lowest BCUT2D eigenvalue weighted by molar-refractivity contribution is 0.0610. The molecule has 1 aromatic rings. The highest BCUT2D eigenvalue weighted by Gasteiger charge is 2.15. The Kier molecular flexibility index (Phi) is 6.53. The zero-order chi connectivity index (χ0) is 14.4. The fourth-order valence-corrected chi connectivity index (χ4v) is 2.22. The molecule has 0 spiro atoms. The Morgan fingerprint density at radius 1 is 1.05 bits per heavy atom. The average Bonchev–Trinajstić information content (AvgIpc) is 2.34. The van der Waals surface area contributed by atoms with E-state index in [1.165, 1.54) is 22.3 Å². The van der Waals surface area contributed by atoms with E-state index in [0.717, 1.165) is 19.6 Å². The summed E-state index contributed by atoms with van der Waals surface area (Å²) in [5, 5.41) is 3.60. The molecule has 0 aliphatic rings. The molecule has 0 radical (unpaired) electrons. The van der Waals surface area contributed by atoms with Gasteiger partial charge in [-0.3, -0.25) is 0 Å². The molecule has 1 N–H and O–H groups in total. The van der Waals surface area contributed by atoms with Crippen molar-refractivity contribution in [2.45, 2.75) is 60.1 Å². The fourth-order valence-electron chi connectivity index (χ4n) is 2.22. The monoisotopic (exact) mass is 263 g/mol. The molecule has 0 heterocycles. The summed E-state index contributed by atoms with van der Waals surface area (Å²) >= 11 is 0.